The number of hydrogen-bond donors (Lipinski definition) is 2. The first-order valence-electron chi connectivity index (χ1n) is 5.76. The standard InChI is InChI=1S/C14H11F2N3/c1-7-9(3-2-4-11(7)17)14-18-12-6-8(15)5-10(16)13(12)19-14/h2-6H,17H2,1H3,(H,18,19). The zero-order valence-corrected chi connectivity index (χ0v) is 10.2. The molecule has 1 aromatic heterocycles. The summed E-state index contributed by atoms with van der Waals surface area (Å²) in [4.78, 5) is 7.09. The molecule has 0 atom stereocenters. The van der Waals surface area contributed by atoms with Crippen molar-refractivity contribution in [3.8, 4) is 11.4 Å². The van der Waals surface area contributed by atoms with Crippen LogP contribution in [0.4, 0.5) is 14.5 Å². The van der Waals surface area contributed by atoms with Crippen LogP contribution >= 0.6 is 0 Å². The fraction of sp³-hybridized carbons (Fsp3) is 0.0714. The van der Waals surface area contributed by atoms with Crippen molar-refractivity contribution in [1.82, 2.24) is 9.97 Å². The molecular formula is C14H11F2N3. The van der Waals surface area contributed by atoms with Gasteiger partial charge in [0.05, 0.1) is 5.52 Å². The first-order chi connectivity index (χ1) is 9.06. The van der Waals surface area contributed by atoms with Gasteiger partial charge >= 0.3 is 0 Å². The molecule has 0 spiro atoms. The summed E-state index contributed by atoms with van der Waals surface area (Å²) < 4.78 is 26.8. The largest absolute Gasteiger partial charge is 0.398 e. The van der Waals surface area contributed by atoms with E-state index in [4.69, 9.17) is 5.73 Å². The summed E-state index contributed by atoms with van der Waals surface area (Å²) in [6.07, 6.45) is 0. The van der Waals surface area contributed by atoms with Gasteiger partial charge in [-0.05, 0) is 24.6 Å². The SMILES string of the molecule is Cc1c(N)cccc1-c1nc2c(F)cc(F)cc2[nH]1. The second-order valence-corrected chi connectivity index (χ2v) is 4.39. The Bertz CT molecular complexity index is 778. The summed E-state index contributed by atoms with van der Waals surface area (Å²) in [5.74, 6) is -0.840. The number of nitrogens with zero attached hydrogens (tertiary/aromatic N) is 1. The van der Waals surface area contributed by atoms with Gasteiger partial charge in [-0.2, -0.15) is 0 Å². The summed E-state index contributed by atoms with van der Waals surface area (Å²) in [5.41, 5.74) is 8.53. The molecule has 0 aliphatic carbocycles. The van der Waals surface area contributed by atoms with Crippen LogP contribution in [0.2, 0.25) is 0 Å². The summed E-state index contributed by atoms with van der Waals surface area (Å²) in [7, 11) is 0. The molecule has 1 heterocycles. The summed E-state index contributed by atoms with van der Waals surface area (Å²) in [6, 6.07) is 7.44. The highest BCUT2D eigenvalue weighted by Crippen LogP contribution is 2.27. The lowest BCUT2D eigenvalue weighted by molar-refractivity contribution is 0.591. The van der Waals surface area contributed by atoms with E-state index in [0.29, 0.717) is 17.0 Å². The predicted molar refractivity (Wildman–Crippen MR) is 70.6 cm³/mol. The quantitative estimate of drug-likeness (QED) is 0.658. The lowest BCUT2D eigenvalue weighted by atomic mass is 10.1. The fourth-order valence-electron chi connectivity index (χ4n) is 2.08. The summed E-state index contributed by atoms with van der Waals surface area (Å²) >= 11 is 0. The minimum absolute atomic E-state index is 0.123. The highest BCUT2D eigenvalue weighted by Gasteiger charge is 2.13. The molecule has 0 fully saturated rings. The predicted octanol–water partition coefficient (Wildman–Crippen LogP) is 3.40. The second-order valence-electron chi connectivity index (χ2n) is 4.39. The third-order valence-electron chi connectivity index (χ3n) is 3.14. The third-order valence-corrected chi connectivity index (χ3v) is 3.14. The highest BCUT2D eigenvalue weighted by atomic mass is 19.1. The first kappa shape index (κ1) is 11.6. The molecule has 3 N–H and O–H groups in total. The molecule has 0 aliphatic heterocycles. The topological polar surface area (TPSA) is 54.7 Å². The maximum absolute atomic E-state index is 13.6. The average molecular weight is 259 g/mol. The van der Waals surface area contributed by atoms with E-state index in [2.05, 4.69) is 9.97 Å². The van der Waals surface area contributed by atoms with Gasteiger partial charge in [-0.1, -0.05) is 12.1 Å². The zero-order valence-electron chi connectivity index (χ0n) is 10.2. The molecular weight excluding hydrogens is 248 g/mol. The number of nitrogens with two attached hydrogens (primary N) is 1. The number of anilines is 1. The van der Waals surface area contributed by atoms with Crippen molar-refractivity contribution < 1.29 is 8.78 Å². The van der Waals surface area contributed by atoms with E-state index in [1.807, 2.05) is 13.0 Å². The van der Waals surface area contributed by atoms with Crippen LogP contribution in [0.5, 0.6) is 0 Å². The Hall–Kier alpha value is -2.43. The minimum atomic E-state index is -0.681. The Morgan fingerprint density at radius 2 is 2.00 bits per heavy atom. The van der Waals surface area contributed by atoms with Gasteiger partial charge in [0.25, 0.3) is 0 Å². The van der Waals surface area contributed by atoms with Crippen LogP contribution in [-0.4, -0.2) is 9.97 Å². The van der Waals surface area contributed by atoms with Gasteiger partial charge in [0.1, 0.15) is 17.2 Å². The van der Waals surface area contributed by atoms with Crippen molar-refractivity contribution in [3.05, 3.63) is 47.5 Å². The number of rotatable bonds is 1. The van der Waals surface area contributed by atoms with Crippen molar-refractivity contribution in [3.63, 3.8) is 0 Å². The van der Waals surface area contributed by atoms with Crippen molar-refractivity contribution in [2.24, 2.45) is 0 Å². The molecule has 0 aliphatic rings. The molecule has 19 heavy (non-hydrogen) atoms. The van der Waals surface area contributed by atoms with Crippen LogP contribution in [-0.2, 0) is 0 Å². The van der Waals surface area contributed by atoms with E-state index in [1.54, 1.807) is 12.1 Å². The summed E-state index contributed by atoms with van der Waals surface area (Å²) in [6.45, 7) is 1.86. The number of imidazole rings is 1. The molecule has 0 saturated carbocycles. The van der Waals surface area contributed by atoms with E-state index in [1.165, 1.54) is 6.07 Å². The molecule has 0 bridgehead atoms. The number of H-pyrrole nitrogens is 1. The number of fused-ring (bicyclic) bond motifs is 1. The molecule has 0 unspecified atom stereocenters. The monoisotopic (exact) mass is 259 g/mol. The number of halogens is 2. The van der Waals surface area contributed by atoms with Gasteiger partial charge in [0, 0.05) is 17.3 Å². The van der Waals surface area contributed by atoms with Crippen molar-refractivity contribution in [2.75, 3.05) is 5.73 Å². The molecule has 2 aromatic carbocycles. The second kappa shape index (κ2) is 4.05. The van der Waals surface area contributed by atoms with E-state index < -0.39 is 11.6 Å². The van der Waals surface area contributed by atoms with E-state index in [0.717, 1.165) is 17.2 Å². The number of nitrogen functional groups attached to an aromatic ring is 1. The number of aromatic amines is 1. The van der Waals surface area contributed by atoms with Crippen LogP contribution < -0.4 is 5.73 Å². The molecule has 3 aromatic rings. The average Bonchev–Trinajstić information content (AvgIpc) is 2.76. The molecule has 5 heteroatoms. The Kier molecular flexibility index (Phi) is 2.48. The number of hydrogen-bond acceptors (Lipinski definition) is 2. The Morgan fingerprint density at radius 1 is 1.21 bits per heavy atom. The number of benzene rings is 2. The number of nitrogens with one attached hydrogen (secondary N) is 1. The van der Waals surface area contributed by atoms with Crippen LogP contribution in [0.25, 0.3) is 22.4 Å². The summed E-state index contributed by atoms with van der Waals surface area (Å²) in [5, 5.41) is 0. The molecule has 0 saturated heterocycles. The normalized spacial score (nSPS) is 11.1. The first-order valence-corrected chi connectivity index (χ1v) is 5.76. The van der Waals surface area contributed by atoms with Gasteiger partial charge < -0.3 is 10.7 Å². The number of aromatic nitrogens is 2. The van der Waals surface area contributed by atoms with Crippen LogP contribution in [0, 0.1) is 18.6 Å². The van der Waals surface area contributed by atoms with Crippen molar-refractivity contribution >= 4 is 16.7 Å². The Morgan fingerprint density at radius 3 is 2.79 bits per heavy atom. The van der Waals surface area contributed by atoms with Crippen LogP contribution in [0.1, 0.15) is 5.56 Å². The lowest BCUT2D eigenvalue weighted by Gasteiger charge is -2.04. The van der Waals surface area contributed by atoms with Crippen LogP contribution in [0.15, 0.2) is 30.3 Å². The molecule has 3 nitrogen and oxygen atoms in total. The van der Waals surface area contributed by atoms with E-state index in [9.17, 15) is 8.78 Å². The maximum Gasteiger partial charge on any atom is 0.153 e. The van der Waals surface area contributed by atoms with Gasteiger partial charge in [-0.15, -0.1) is 0 Å². The zero-order chi connectivity index (χ0) is 13.6. The molecule has 0 amide bonds. The Labute approximate surface area is 108 Å². The minimum Gasteiger partial charge on any atom is -0.398 e. The lowest BCUT2D eigenvalue weighted by Crippen LogP contribution is -1.92. The molecule has 0 radical (unpaired) electrons. The van der Waals surface area contributed by atoms with E-state index in [-0.39, 0.29) is 5.52 Å². The maximum atomic E-state index is 13.6. The van der Waals surface area contributed by atoms with Gasteiger partial charge in [0.15, 0.2) is 5.82 Å². The van der Waals surface area contributed by atoms with Crippen LogP contribution in [0.3, 0.4) is 0 Å². The smallest absolute Gasteiger partial charge is 0.153 e. The van der Waals surface area contributed by atoms with Gasteiger partial charge in [-0.25, -0.2) is 13.8 Å². The molecule has 96 valence electrons. The van der Waals surface area contributed by atoms with E-state index >= 15 is 0 Å². The highest BCUT2D eigenvalue weighted by molar-refractivity contribution is 5.81. The van der Waals surface area contributed by atoms with Crippen molar-refractivity contribution in [2.45, 2.75) is 6.92 Å². The van der Waals surface area contributed by atoms with Gasteiger partial charge in [-0.3, -0.25) is 0 Å². The fourth-order valence-corrected chi connectivity index (χ4v) is 2.08. The van der Waals surface area contributed by atoms with Gasteiger partial charge in [0.2, 0.25) is 0 Å². The molecule has 3 rings (SSSR count). The Balaban J connectivity index is 2.26. The van der Waals surface area contributed by atoms with Crippen molar-refractivity contribution in [1.29, 1.82) is 0 Å². The third kappa shape index (κ3) is 1.83.